The zero-order valence-electron chi connectivity index (χ0n) is 10.2. The summed E-state index contributed by atoms with van der Waals surface area (Å²) < 4.78 is 6.07. The summed E-state index contributed by atoms with van der Waals surface area (Å²) >= 11 is 0. The molecule has 2 bridgehead atoms. The molecule has 86 valence electrons. The van der Waals surface area contributed by atoms with Crippen molar-refractivity contribution in [1.82, 2.24) is 0 Å². The van der Waals surface area contributed by atoms with Crippen molar-refractivity contribution in [2.24, 2.45) is 5.41 Å². The highest BCUT2D eigenvalue weighted by molar-refractivity contribution is 5.32. The van der Waals surface area contributed by atoms with Gasteiger partial charge in [-0.1, -0.05) is 19.9 Å². The topological polar surface area (TPSA) is 29.5 Å². The number of hydrogen-bond acceptors (Lipinski definition) is 2. The molecule has 3 unspecified atom stereocenters. The molecule has 1 N–H and O–H groups in total. The van der Waals surface area contributed by atoms with Crippen LogP contribution in [0.2, 0.25) is 0 Å². The van der Waals surface area contributed by atoms with Gasteiger partial charge in [0.25, 0.3) is 0 Å². The molecule has 2 aliphatic heterocycles. The number of hydrogen-bond donors (Lipinski definition) is 1. The molecule has 2 nitrogen and oxygen atoms in total. The van der Waals surface area contributed by atoms with E-state index in [0.717, 1.165) is 12.8 Å². The highest BCUT2D eigenvalue weighted by atomic mass is 16.5. The summed E-state index contributed by atoms with van der Waals surface area (Å²) in [6, 6.07) is 0. The Morgan fingerprint density at radius 1 is 1.53 bits per heavy atom. The van der Waals surface area contributed by atoms with Gasteiger partial charge in [0.2, 0.25) is 0 Å². The second-order valence-electron chi connectivity index (χ2n) is 5.80. The molecule has 0 amide bonds. The maximum Gasteiger partial charge on any atom is 0.0874 e. The third-order valence-corrected chi connectivity index (χ3v) is 4.02. The Bertz CT molecular complexity index is 284. The number of ether oxygens (including phenoxy) is 1. The van der Waals surface area contributed by atoms with E-state index < -0.39 is 0 Å². The smallest absolute Gasteiger partial charge is 0.0874 e. The number of fused-ring (bicyclic) bond motifs is 2. The zero-order valence-corrected chi connectivity index (χ0v) is 10.2. The molecule has 0 radical (unpaired) electrons. The molecule has 3 atom stereocenters. The Morgan fingerprint density at radius 3 is 2.67 bits per heavy atom. The van der Waals surface area contributed by atoms with Crippen LogP contribution in [0.4, 0.5) is 0 Å². The maximum atomic E-state index is 9.35. The highest BCUT2D eigenvalue weighted by Gasteiger charge is 2.56. The highest BCUT2D eigenvalue weighted by Crippen LogP contribution is 2.57. The van der Waals surface area contributed by atoms with Crippen molar-refractivity contribution in [3.05, 3.63) is 11.6 Å². The third kappa shape index (κ3) is 1.64. The van der Waals surface area contributed by atoms with Crippen molar-refractivity contribution in [3.8, 4) is 0 Å². The van der Waals surface area contributed by atoms with Gasteiger partial charge in [0.1, 0.15) is 0 Å². The SMILES string of the molecule is CC(O)CC=C1C2(C)CCC(O2)C1(C)C. The van der Waals surface area contributed by atoms with Gasteiger partial charge in [-0.3, -0.25) is 0 Å². The van der Waals surface area contributed by atoms with E-state index >= 15 is 0 Å². The standard InChI is InChI=1S/C13H22O2/c1-9(14)5-6-10-12(2,3)11-7-8-13(10,4)15-11/h6,9,11,14H,5,7-8H2,1-4H3. The Labute approximate surface area is 92.3 Å². The van der Waals surface area contributed by atoms with Gasteiger partial charge in [-0.2, -0.15) is 0 Å². The number of aliphatic hydroxyl groups excluding tert-OH is 1. The number of aliphatic hydroxyl groups is 1. The molecule has 2 saturated heterocycles. The van der Waals surface area contributed by atoms with Crippen LogP contribution < -0.4 is 0 Å². The number of rotatable bonds is 2. The molecule has 0 aromatic carbocycles. The fourth-order valence-corrected chi connectivity index (χ4v) is 3.17. The van der Waals surface area contributed by atoms with E-state index in [9.17, 15) is 5.11 Å². The second kappa shape index (κ2) is 3.33. The predicted octanol–water partition coefficient (Wildman–Crippen LogP) is 2.66. The van der Waals surface area contributed by atoms with E-state index in [-0.39, 0.29) is 17.1 Å². The minimum atomic E-state index is -0.254. The Hall–Kier alpha value is -0.340. The quantitative estimate of drug-likeness (QED) is 0.710. The zero-order chi connectivity index (χ0) is 11.3. The molecular weight excluding hydrogens is 188 g/mol. The average Bonchev–Trinajstić information content (AvgIpc) is 2.54. The Morgan fingerprint density at radius 2 is 2.20 bits per heavy atom. The van der Waals surface area contributed by atoms with E-state index in [4.69, 9.17) is 4.74 Å². The lowest BCUT2D eigenvalue weighted by Crippen LogP contribution is -2.32. The van der Waals surface area contributed by atoms with Gasteiger partial charge in [-0.15, -0.1) is 0 Å². The van der Waals surface area contributed by atoms with Crippen LogP contribution in [0.3, 0.4) is 0 Å². The summed E-state index contributed by atoms with van der Waals surface area (Å²) in [6.07, 6.45) is 5.37. The first kappa shape index (κ1) is 11.2. The van der Waals surface area contributed by atoms with E-state index in [1.165, 1.54) is 12.0 Å². The van der Waals surface area contributed by atoms with E-state index in [1.807, 2.05) is 6.92 Å². The van der Waals surface area contributed by atoms with Gasteiger partial charge in [0.05, 0.1) is 17.8 Å². The van der Waals surface area contributed by atoms with Crippen molar-refractivity contribution < 1.29 is 9.84 Å². The summed E-state index contributed by atoms with van der Waals surface area (Å²) in [5, 5.41) is 9.35. The maximum absolute atomic E-state index is 9.35. The Kier molecular flexibility index (Phi) is 2.47. The lowest BCUT2D eigenvalue weighted by Gasteiger charge is -2.33. The van der Waals surface area contributed by atoms with Crippen LogP contribution in [0.15, 0.2) is 11.6 Å². The second-order valence-corrected chi connectivity index (χ2v) is 5.80. The fourth-order valence-electron chi connectivity index (χ4n) is 3.17. The molecule has 2 heterocycles. The molecule has 2 aliphatic rings. The monoisotopic (exact) mass is 210 g/mol. The lowest BCUT2D eigenvalue weighted by molar-refractivity contribution is 0.0232. The molecule has 15 heavy (non-hydrogen) atoms. The molecule has 0 aliphatic carbocycles. The minimum Gasteiger partial charge on any atom is -0.393 e. The van der Waals surface area contributed by atoms with E-state index in [2.05, 4.69) is 26.8 Å². The molecule has 2 rings (SSSR count). The van der Waals surface area contributed by atoms with E-state index in [0.29, 0.717) is 6.10 Å². The molecule has 0 saturated carbocycles. The van der Waals surface area contributed by atoms with Gasteiger partial charge < -0.3 is 9.84 Å². The first-order valence-corrected chi connectivity index (χ1v) is 5.93. The molecular formula is C13H22O2. The summed E-state index contributed by atoms with van der Waals surface area (Å²) in [5.74, 6) is 0. The largest absolute Gasteiger partial charge is 0.393 e. The van der Waals surface area contributed by atoms with Crippen molar-refractivity contribution in [2.45, 2.75) is 64.8 Å². The summed E-state index contributed by atoms with van der Waals surface area (Å²) in [6.45, 7) is 8.54. The predicted molar refractivity (Wildman–Crippen MR) is 60.7 cm³/mol. The van der Waals surface area contributed by atoms with Gasteiger partial charge in [0.15, 0.2) is 0 Å². The molecule has 2 heteroatoms. The third-order valence-electron chi connectivity index (χ3n) is 4.02. The van der Waals surface area contributed by atoms with Crippen LogP contribution in [0.5, 0.6) is 0 Å². The molecule has 0 aromatic rings. The van der Waals surface area contributed by atoms with Crippen LogP contribution >= 0.6 is 0 Å². The van der Waals surface area contributed by atoms with Crippen LogP contribution in [-0.2, 0) is 4.74 Å². The summed E-state index contributed by atoms with van der Waals surface area (Å²) in [5.41, 5.74) is 1.50. The normalized spacial score (nSPS) is 42.5. The van der Waals surface area contributed by atoms with E-state index in [1.54, 1.807) is 0 Å². The summed E-state index contributed by atoms with van der Waals surface area (Å²) in [7, 11) is 0. The molecule has 0 spiro atoms. The van der Waals surface area contributed by atoms with Gasteiger partial charge in [0, 0.05) is 5.41 Å². The lowest BCUT2D eigenvalue weighted by atomic mass is 9.68. The summed E-state index contributed by atoms with van der Waals surface area (Å²) in [4.78, 5) is 0. The minimum absolute atomic E-state index is 0.0525. The van der Waals surface area contributed by atoms with Crippen molar-refractivity contribution >= 4 is 0 Å². The first-order chi connectivity index (χ1) is 6.86. The fraction of sp³-hybridized carbons (Fsp3) is 0.846. The van der Waals surface area contributed by atoms with Crippen LogP contribution in [0, 0.1) is 5.41 Å². The van der Waals surface area contributed by atoms with Gasteiger partial charge in [-0.05, 0) is 38.7 Å². The van der Waals surface area contributed by atoms with Crippen molar-refractivity contribution in [1.29, 1.82) is 0 Å². The van der Waals surface area contributed by atoms with Gasteiger partial charge in [-0.25, -0.2) is 0 Å². The van der Waals surface area contributed by atoms with Gasteiger partial charge >= 0.3 is 0 Å². The van der Waals surface area contributed by atoms with Crippen LogP contribution in [-0.4, -0.2) is 22.9 Å². The van der Waals surface area contributed by atoms with Crippen LogP contribution in [0.1, 0.15) is 47.0 Å². The molecule has 2 fully saturated rings. The molecule has 0 aromatic heterocycles. The van der Waals surface area contributed by atoms with Crippen molar-refractivity contribution in [2.75, 3.05) is 0 Å². The average molecular weight is 210 g/mol. The van der Waals surface area contributed by atoms with Crippen LogP contribution in [0.25, 0.3) is 0 Å². The Balaban J connectivity index is 2.26. The first-order valence-electron chi connectivity index (χ1n) is 5.93. The van der Waals surface area contributed by atoms with Crippen molar-refractivity contribution in [3.63, 3.8) is 0 Å².